The molecule has 1 saturated heterocycles. The van der Waals surface area contributed by atoms with Gasteiger partial charge in [0.15, 0.2) is 0 Å². The molecule has 28 heavy (non-hydrogen) atoms. The minimum atomic E-state index is -0.213. The molecule has 2 heterocycles. The van der Waals surface area contributed by atoms with E-state index >= 15 is 0 Å². The van der Waals surface area contributed by atoms with Crippen LogP contribution in [0.15, 0.2) is 42.7 Å². The molecular weight excluding hydrogens is 378 g/mol. The lowest BCUT2D eigenvalue weighted by atomic mass is 10.2. The van der Waals surface area contributed by atoms with Crippen molar-refractivity contribution in [3.05, 3.63) is 53.3 Å². The van der Waals surface area contributed by atoms with Crippen LogP contribution in [0.4, 0.5) is 5.95 Å². The van der Waals surface area contributed by atoms with Gasteiger partial charge in [0.25, 0.3) is 0 Å². The summed E-state index contributed by atoms with van der Waals surface area (Å²) in [7, 11) is 0. The molecule has 0 radical (unpaired) electrons. The third-order valence-corrected chi connectivity index (χ3v) is 5.50. The molecule has 1 aromatic heterocycles. The van der Waals surface area contributed by atoms with Crippen LogP contribution in [0, 0.1) is 11.8 Å². The number of halogens is 1. The number of piperazine rings is 1. The van der Waals surface area contributed by atoms with E-state index in [9.17, 15) is 9.59 Å². The maximum absolute atomic E-state index is 12.7. The van der Waals surface area contributed by atoms with Gasteiger partial charge in [-0.15, -0.1) is 0 Å². The van der Waals surface area contributed by atoms with Crippen molar-refractivity contribution in [1.29, 1.82) is 0 Å². The molecule has 2 aliphatic rings. The SMILES string of the molecule is O=C(NCc1ccc(Cl)cc1)C1CC1C(=O)N1CCN(c2ncccn2)CC1. The van der Waals surface area contributed by atoms with Crippen molar-refractivity contribution in [2.24, 2.45) is 11.8 Å². The molecule has 1 aromatic carbocycles. The second-order valence-electron chi connectivity index (χ2n) is 7.15. The fourth-order valence-electron chi connectivity index (χ4n) is 3.50. The number of nitrogens with one attached hydrogen (secondary N) is 1. The Morgan fingerprint density at radius 2 is 1.71 bits per heavy atom. The van der Waals surface area contributed by atoms with Gasteiger partial charge in [-0.1, -0.05) is 23.7 Å². The van der Waals surface area contributed by atoms with Crippen molar-refractivity contribution < 1.29 is 9.59 Å². The average Bonchev–Trinajstić information content (AvgIpc) is 3.54. The monoisotopic (exact) mass is 399 g/mol. The summed E-state index contributed by atoms with van der Waals surface area (Å²) in [4.78, 5) is 37.5. The molecular formula is C20H22ClN5O2. The summed E-state index contributed by atoms with van der Waals surface area (Å²) in [5, 5.41) is 3.59. The maximum atomic E-state index is 12.7. The molecule has 146 valence electrons. The van der Waals surface area contributed by atoms with Gasteiger partial charge in [0, 0.05) is 50.1 Å². The normalized spacial score (nSPS) is 21.3. The highest BCUT2D eigenvalue weighted by molar-refractivity contribution is 6.30. The van der Waals surface area contributed by atoms with E-state index < -0.39 is 0 Å². The molecule has 2 atom stereocenters. The highest BCUT2D eigenvalue weighted by Crippen LogP contribution is 2.40. The molecule has 2 fully saturated rings. The fourth-order valence-corrected chi connectivity index (χ4v) is 3.62. The predicted molar refractivity (Wildman–Crippen MR) is 106 cm³/mol. The molecule has 0 spiro atoms. The lowest BCUT2D eigenvalue weighted by Crippen LogP contribution is -2.50. The Morgan fingerprint density at radius 3 is 2.39 bits per heavy atom. The standard InChI is InChI=1S/C20H22ClN5O2/c21-15-4-2-14(3-5-15)13-24-18(27)16-12-17(16)19(28)25-8-10-26(11-9-25)20-22-6-1-7-23-20/h1-7,16-17H,8-13H2,(H,24,27). The molecule has 1 saturated carbocycles. The number of hydrogen-bond acceptors (Lipinski definition) is 5. The Balaban J connectivity index is 1.23. The van der Waals surface area contributed by atoms with E-state index in [4.69, 9.17) is 11.6 Å². The quantitative estimate of drug-likeness (QED) is 0.828. The van der Waals surface area contributed by atoms with Crippen molar-refractivity contribution in [2.45, 2.75) is 13.0 Å². The van der Waals surface area contributed by atoms with Gasteiger partial charge in [0.2, 0.25) is 17.8 Å². The molecule has 4 rings (SSSR count). The smallest absolute Gasteiger partial charge is 0.226 e. The molecule has 1 aliphatic heterocycles. The van der Waals surface area contributed by atoms with Crippen LogP contribution in [0.1, 0.15) is 12.0 Å². The van der Waals surface area contributed by atoms with Gasteiger partial charge < -0.3 is 15.1 Å². The second-order valence-corrected chi connectivity index (χ2v) is 7.59. The van der Waals surface area contributed by atoms with Crippen LogP contribution < -0.4 is 10.2 Å². The van der Waals surface area contributed by atoms with Crippen LogP contribution in [-0.2, 0) is 16.1 Å². The van der Waals surface area contributed by atoms with Crippen LogP contribution in [-0.4, -0.2) is 52.9 Å². The molecule has 0 bridgehead atoms. The van der Waals surface area contributed by atoms with E-state index in [-0.39, 0.29) is 23.7 Å². The molecule has 7 nitrogen and oxygen atoms in total. The Labute approximate surface area is 168 Å². The number of benzene rings is 1. The lowest BCUT2D eigenvalue weighted by Gasteiger charge is -2.34. The molecule has 1 aliphatic carbocycles. The maximum Gasteiger partial charge on any atom is 0.226 e. The third kappa shape index (κ3) is 4.25. The van der Waals surface area contributed by atoms with Crippen LogP contribution in [0.25, 0.3) is 0 Å². The number of anilines is 1. The minimum Gasteiger partial charge on any atom is -0.352 e. The highest BCUT2D eigenvalue weighted by atomic mass is 35.5. The van der Waals surface area contributed by atoms with Gasteiger partial charge in [-0.05, 0) is 30.2 Å². The van der Waals surface area contributed by atoms with Crippen molar-refractivity contribution in [3.8, 4) is 0 Å². The molecule has 8 heteroatoms. The first-order valence-corrected chi connectivity index (χ1v) is 9.82. The summed E-state index contributed by atoms with van der Waals surface area (Å²) >= 11 is 5.87. The first kappa shape index (κ1) is 18.7. The summed E-state index contributed by atoms with van der Waals surface area (Å²) in [6.45, 7) is 3.12. The van der Waals surface area contributed by atoms with Crippen LogP contribution in [0.2, 0.25) is 5.02 Å². The Bertz CT molecular complexity index is 837. The van der Waals surface area contributed by atoms with Crippen LogP contribution in [0.3, 0.4) is 0 Å². The number of aromatic nitrogens is 2. The molecule has 2 unspecified atom stereocenters. The van der Waals surface area contributed by atoms with E-state index in [1.165, 1.54) is 0 Å². The number of hydrogen-bond donors (Lipinski definition) is 1. The molecule has 1 N–H and O–H groups in total. The molecule has 2 aromatic rings. The number of carbonyl (C=O) groups is 2. The number of amides is 2. The van der Waals surface area contributed by atoms with Gasteiger partial charge in [0.05, 0.1) is 11.8 Å². The topological polar surface area (TPSA) is 78.4 Å². The van der Waals surface area contributed by atoms with Crippen LogP contribution >= 0.6 is 11.6 Å². The van der Waals surface area contributed by atoms with Crippen molar-refractivity contribution in [1.82, 2.24) is 20.2 Å². The highest BCUT2D eigenvalue weighted by Gasteiger charge is 2.49. The predicted octanol–water partition coefficient (Wildman–Crippen LogP) is 1.73. The Hall–Kier alpha value is -2.67. The third-order valence-electron chi connectivity index (χ3n) is 5.25. The number of rotatable bonds is 5. The van der Waals surface area contributed by atoms with Crippen molar-refractivity contribution in [3.63, 3.8) is 0 Å². The van der Waals surface area contributed by atoms with Gasteiger partial charge in [0.1, 0.15) is 0 Å². The Kier molecular flexibility index (Phi) is 5.43. The zero-order valence-electron chi connectivity index (χ0n) is 15.4. The Morgan fingerprint density at radius 1 is 1.04 bits per heavy atom. The summed E-state index contributed by atoms with van der Waals surface area (Å²) in [6, 6.07) is 9.15. The van der Waals surface area contributed by atoms with E-state index in [1.807, 2.05) is 17.0 Å². The molecule has 2 amide bonds. The lowest BCUT2D eigenvalue weighted by molar-refractivity contribution is -0.135. The summed E-state index contributed by atoms with van der Waals surface area (Å²) < 4.78 is 0. The minimum absolute atomic E-state index is 0.0513. The van der Waals surface area contributed by atoms with E-state index in [0.717, 1.165) is 5.56 Å². The second kappa shape index (κ2) is 8.14. The first-order chi connectivity index (χ1) is 13.6. The summed E-state index contributed by atoms with van der Waals surface area (Å²) in [5.41, 5.74) is 0.987. The number of carbonyl (C=O) groups excluding carboxylic acids is 2. The summed E-state index contributed by atoms with van der Waals surface area (Å²) in [5.74, 6) is 0.324. The zero-order valence-corrected chi connectivity index (χ0v) is 16.2. The van der Waals surface area contributed by atoms with Gasteiger partial charge >= 0.3 is 0 Å². The largest absolute Gasteiger partial charge is 0.352 e. The van der Waals surface area contributed by atoms with Gasteiger partial charge in [-0.25, -0.2) is 9.97 Å². The van der Waals surface area contributed by atoms with Crippen molar-refractivity contribution >= 4 is 29.4 Å². The van der Waals surface area contributed by atoms with E-state index in [1.54, 1.807) is 30.6 Å². The summed E-state index contributed by atoms with van der Waals surface area (Å²) in [6.07, 6.45) is 4.07. The van der Waals surface area contributed by atoms with Crippen molar-refractivity contribution in [2.75, 3.05) is 31.1 Å². The fraction of sp³-hybridized carbons (Fsp3) is 0.400. The first-order valence-electron chi connectivity index (χ1n) is 9.45. The zero-order chi connectivity index (χ0) is 19.5. The van der Waals surface area contributed by atoms with Gasteiger partial charge in [-0.3, -0.25) is 9.59 Å². The number of nitrogens with zero attached hydrogens (tertiary/aromatic N) is 4. The average molecular weight is 400 g/mol. The van der Waals surface area contributed by atoms with E-state index in [0.29, 0.717) is 50.1 Å². The van der Waals surface area contributed by atoms with E-state index in [2.05, 4.69) is 20.2 Å². The van der Waals surface area contributed by atoms with Gasteiger partial charge in [-0.2, -0.15) is 0 Å². The van der Waals surface area contributed by atoms with Crippen LogP contribution in [0.5, 0.6) is 0 Å².